The summed E-state index contributed by atoms with van der Waals surface area (Å²) in [5, 5.41) is 9.26. The number of benzene rings is 1. The van der Waals surface area contributed by atoms with Crippen LogP contribution in [-0.4, -0.2) is 14.8 Å². The van der Waals surface area contributed by atoms with E-state index in [0.29, 0.717) is 16.8 Å². The standard InChI is InChI=1S/C15H19ClN4/c1-10-18-19-15(13-9-11(16)7-8-14(13)17)20(10)12-5-3-2-4-6-12/h7-9,12H,2-6,17H2,1H3. The summed E-state index contributed by atoms with van der Waals surface area (Å²) in [5.74, 6) is 1.79. The first-order chi connectivity index (χ1) is 9.66. The molecule has 106 valence electrons. The number of aryl methyl sites for hydroxylation is 1. The van der Waals surface area contributed by atoms with Crippen LogP contribution in [0.2, 0.25) is 5.02 Å². The molecule has 0 aliphatic heterocycles. The van der Waals surface area contributed by atoms with E-state index in [1.807, 2.05) is 19.1 Å². The number of nitrogen functional groups attached to an aromatic ring is 1. The minimum absolute atomic E-state index is 0.479. The molecule has 0 spiro atoms. The van der Waals surface area contributed by atoms with E-state index in [2.05, 4.69) is 14.8 Å². The van der Waals surface area contributed by atoms with E-state index in [4.69, 9.17) is 17.3 Å². The van der Waals surface area contributed by atoms with Crippen LogP contribution in [0.3, 0.4) is 0 Å². The molecular formula is C15H19ClN4. The zero-order chi connectivity index (χ0) is 14.1. The summed E-state index contributed by atoms with van der Waals surface area (Å²) in [6.07, 6.45) is 6.24. The summed E-state index contributed by atoms with van der Waals surface area (Å²) in [4.78, 5) is 0. The van der Waals surface area contributed by atoms with Gasteiger partial charge in [-0.3, -0.25) is 0 Å². The number of hydrogen-bond donors (Lipinski definition) is 1. The van der Waals surface area contributed by atoms with E-state index in [1.165, 1.54) is 32.1 Å². The average molecular weight is 291 g/mol. The number of halogens is 1. The van der Waals surface area contributed by atoms with Crippen LogP contribution in [0.1, 0.15) is 44.0 Å². The fraction of sp³-hybridized carbons (Fsp3) is 0.467. The van der Waals surface area contributed by atoms with Gasteiger partial charge in [-0.05, 0) is 38.0 Å². The normalized spacial score (nSPS) is 16.5. The maximum atomic E-state index is 6.10. The quantitative estimate of drug-likeness (QED) is 0.851. The smallest absolute Gasteiger partial charge is 0.166 e. The molecule has 0 amide bonds. The maximum Gasteiger partial charge on any atom is 0.166 e. The van der Waals surface area contributed by atoms with Crippen molar-refractivity contribution in [1.82, 2.24) is 14.8 Å². The number of rotatable bonds is 2. The fourth-order valence-electron chi connectivity index (χ4n) is 3.05. The molecular weight excluding hydrogens is 272 g/mol. The molecule has 0 radical (unpaired) electrons. The number of anilines is 1. The Morgan fingerprint density at radius 1 is 1.20 bits per heavy atom. The van der Waals surface area contributed by atoms with Gasteiger partial charge in [-0.2, -0.15) is 0 Å². The Morgan fingerprint density at radius 2 is 1.95 bits per heavy atom. The Labute approximate surface area is 124 Å². The van der Waals surface area contributed by atoms with Gasteiger partial charge >= 0.3 is 0 Å². The highest BCUT2D eigenvalue weighted by molar-refractivity contribution is 6.31. The second-order valence-corrected chi connectivity index (χ2v) is 5.90. The van der Waals surface area contributed by atoms with Crippen LogP contribution in [-0.2, 0) is 0 Å². The van der Waals surface area contributed by atoms with Gasteiger partial charge in [-0.1, -0.05) is 30.9 Å². The van der Waals surface area contributed by atoms with Gasteiger partial charge in [0.05, 0.1) is 0 Å². The number of hydrogen-bond acceptors (Lipinski definition) is 3. The highest BCUT2D eigenvalue weighted by Crippen LogP contribution is 2.35. The lowest BCUT2D eigenvalue weighted by Gasteiger charge is -2.25. The van der Waals surface area contributed by atoms with Crippen molar-refractivity contribution >= 4 is 17.3 Å². The molecule has 2 aromatic rings. The Morgan fingerprint density at radius 3 is 2.70 bits per heavy atom. The van der Waals surface area contributed by atoms with Crippen LogP contribution in [0.5, 0.6) is 0 Å². The molecule has 0 atom stereocenters. The molecule has 1 aromatic heterocycles. The Kier molecular flexibility index (Phi) is 3.66. The van der Waals surface area contributed by atoms with Crippen molar-refractivity contribution in [3.63, 3.8) is 0 Å². The molecule has 1 saturated carbocycles. The van der Waals surface area contributed by atoms with E-state index in [9.17, 15) is 0 Å². The first-order valence-corrected chi connectivity index (χ1v) is 7.51. The third-order valence-corrected chi connectivity index (χ3v) is 4.30. The number of aromatic nitrogens is 3. The molecule has 20 heavy (non-hydrogen) atoms. The second kappa shape index (κ2) is 5.44. The summed E-state index contributed by atoms with van der Waals surface area (Å²) in [6, 6.07) is 5.98. The first kappa shape index (κ1) is 13.4. The summed E-state index contributed by atoms with van der Waals surface area (Å²) >= 11 is 6.10. The van der Waals surface area contributed by atoms with Crippen molar-refractivity contribution in [1.29, 1.82) is 0 Å². The molecule has 1 aliphatic carbocycles. The second-order valence-electron chi connectivity index (χ2n) is 5.46. The molecule has 0 saturated heterocycles. The van der Waals surface area contributed by atoms with Crippen LogP contribution in [0, 0.1) is 6.92 Å². The van der Waals surface area contributed by atoms with Crippen molar-refractivity contribution in [2.24, 2.45) is 0 Å². The number of nitrogens with zero attached hydrogens (tertiary/aromatic N) is 3. The van der Waals surface area contributed by atoms with Crippen LogP contribution in [0.4, 0.5) is 5.69 Å². The van der Waals surface area contributed by atoms with Gasteiger partial charge in [0.15, 0.2) is 5.82 Å². The molecule has 0 bridgehead atoms. The van der Waals surface area contributed by atoms with Gasteiger partial charge in [-0.15, -0.1) is 10.2 Å². The van der Waals surface area contributed by atoms with Gasteiger partial charge in [0.1, 0.15) is 5.82 Å². The molecule has 5 heteroatoms. The summed E-state index contributed by atoms with van der Waals surface area (Å²) in [6.45, 7) is 2.01. The first-order valence-electron chi connectivity index (χ1n) is 7.13. The van der Waals surface area contributed by atoms with Gasteiger partial charge in [0.2, 0.25) is 0 Å². The Hall–Kier alpha value is -1.55. The molecule has 0 unspecified atom stereocenters. The topological polar surface area (TPSA) is 56.7 Å². The lowest BCUT2D eigenvalue weighted by Crippen LogP contribution is -2.15. The van der Waals surface area contributed by atoms with Crippen molar-refractivity contribution in [3.05, 3.63) is 29.0 Å². The molecule has 1 aliphatic rings. The highest BCUT2D eigenvalue weighted by Gasteiger charge is 2.22. The van der Waals surface area contributed by atoms with E-state index in [1.54, 1.807) is 6.07 Å². The maximum absolute atomic E-state index is 6.10. The highest BCUT2D eigenvalue weighted by atomic mass is 35.5. The van der Waals surface area contributed by atoms with Crippen LogP contribution < -0.4 is 5.73 Å². The van der Waals surface area contributed by atoms with E-state index < -0.39 is 0 Å². The third-order valence-electron chi connectivity index (χ3n) is 4.06. The monoisotopic (exact) mass is 290 g/mol. The van der Waals surface area contributed by atoms with Gasteiger partial charge in [-0.25, -0.2) is 0 Å². The lowest BCUT2D eigenvalue weighted by atomic mass is 9.95. The molecule has 4 nitrogen and oxygen atoms in total. The predicted octanol–water partition coefficient (Wildman–Crippen LogP) is 3.99. The SMILES string of the molecule is Cc1nnc(-c2cc(Cl)ccc2N)n1C1CCCCC1. The van der Waals surface area contributed by atoms with Gasteiger partial charge < -0.3 is 10.3 Å². The molecule has 1 heterocycles. The Balaban J connectivity index is 2.08. The molecule has 1 aromatic carbocycles. The zero-order valence-electron chi connectivity index (χ0n) is 11.6. The largest absolute Gasteiger partial charge is 0.398 e. The lowest BCUT2D eigenvalue weighted by molar-refractivity contribution is 0.350. The Bertz CT molecular complexity index is 614. The molecule has 3 rings (SSSR count). The third kappa shape index (κ3) is 2.40. The van der Waals surface area contributed by atoms with Crippen molar-refractivity contribution < 1.29 is 0 Å². The van der Waals surface area contributed by atoms with Crippen molar-refractivity contribution in [2.75, 3.05) is 5.73 Å². The van der Waals surface area contributed by atoms with E-state index >= 15 is 0 Å². The average Bonchev–Trinajstić information content (AvgIpc) is 2.84. The van der Waals surface area contributed by atoms with Crippen LogP contribution in [0.15, 0.2) is 18.2 Å². The summed E-state index contributed by atoms with van der Waals surface area (Å²) in [5.41, 5.74) is 7.66. The van der Waals surface area contributed by atoms with Crippen LogP contribution >= 0.6 is 11.6 Å². The summed E-state index contributed by atoms with van der Waals surface area (Å²) in [7, 11) is 0. The fourth-order valence-corrected chi connectivity index (χ4v) is 3.22. The van der Waals surface area contributed by atoms with E-state index in [0.717, 1.165) is 17.2 Å². The van der Waals surface area contributed by atoms with E-state index in [-0.39, 0.29) is 0 Å². The summed E-state index contributed by atoms with van der Waals surface area (Å²) < 4.78 is 2.24. The number of nitrogens with two attached hydrogens (primary N) is 1. The van der Waals surface area contributed by atoms with Crippen LogP contribution in [0.25, 0.3) is 11.4 Å². The van der Waals surface area contributed by atoms with Crippen molar-refractivity contribution in [2.45, 2.75) is 45.1 Å². The molecule has 2 N–H and O–H groups in total. The minimum atomic E-state index is 0.479. The van der Waals surface area contributed by atoms with Gasteiger partial charge in [0, 0.05) is 22.3 Å². The minimum Gasteiger partial charge on any atom is -0.398 e. The zero-order valence-corrected chi connectivity index (χ0v) is 12.4. The molecule has 1 fully saturated rings. The van der Waals surface area contributed by atoms with Crippen molar-refractivity contribution in [3.8, 4) is 11.4 Å². The predicted molar refractivity (Wildman–Crippen MR) is 81.7 cm³/mol. The van der Waals surface area contributed by atoms with Gasteiger partial charge in [0.25, 0.3) is 0 Å².